The number of nitrogens with two attached hydrogens (primary N) is 1. The van der Waals surface area contributed by atoms with E-state index in [4.69, 9.17) is 5.73 Å². The number of hydrogen-bond donors (Lipinski definition) is 1. The van der Waals surface area contributed by atoms with Gasteiger partial charge in [0.1, 0.15) is 5.78 Å². The smallest absolute Gasteiger partial charge is 0.327 e. The molecule has 2 nitrogen and oxygen atoms in total. The van der Waals surface area contributed by atoms with Crippen molar-refractivity contribution in [1.29, 1.82) is 0 Å². The van der Waals surface area contributed by atoms with Gasteiger partial charge in [-0.3, -0.25) is 4.79 Å². The highest BCUT2D eigenvalue weighted by atomic mass is 19.4. The molecule has 0 amide bonds. The number of hydrogen-bond acceptors (Lipinski definition) is 2. The Kier molecular flexibility index (Phi) is 3.94. The number of Topliss-reactive ketones (excluding diaryl/α,β-unsaturated/α-hetero) is 1. The first-order valence-electron chi connectivity index (χ1n) is 6.29. The molecule has 1 atom stereocenters. The molecule has 19 heavy (non-hydrogen) atoms. The van der Waals surface area contributed by atoms with E-state index < -0.39 is 11.7 Å². The number of ketones is 1. The van der Waals surface area contributed by atoms with Gasteiger partial charge in [-0.2, -0.15) is 13.2 Å². The van der Waals surface area contributed by atoms with Crippen LogP contribution in [0.4, 0.5) is 13.2 Å². The Labute approximate surface area is 109 Å². The molecule has 1 aromatic carbocycles. The second-order valence-corrected chi connectivity index (χ2v) is 5.12. The van der Waals surface area contributed by atoms with Gasteiger partial charge in [0.15, 0.2) is 0 Å². The van der Waals surface area contributed by atoms with Crippen LogP contribution in [0.25, 0.3) is 0 Å². The lowest BCUT2D eigenvalue weighted by Crippen LogP contribution is -2.26. The first-order chi connectivity index (χ1) is 8.86. The van der Waals surface area contributed by atoms with Crippen molar-refractivity contribution in [3.05, 3.63) is 35.4 Å². The number of rotatable bonds is 5. The molecule has 2 N–H and O–H groups in total. The lowest BCUT2D eigenvalue weighted by atomic mass is 10.00. The van der Waals surface area contributed by atoms with Crippen LogP contribution >= 0.6 is 0 Å². The molecule has 0 aromatic heterocycles. The predicted molar refractivity (Wildman–Crippen MR) is 65.5 cm³/mol. The number of carbonyl (C=O) groups is 1. The molecule has 2 rings (SSSR count). The van der Waals surface area contributed by atoms with Crippen LogP contribution in [0, 0.1) is 5.92 Å². The number of benzene rings is 1. The molecular weight excluding hydrogens is 255 g/mol. The zero-order valence-corrected chi connectivity index (χ0v) is 10.4. The molecule has 0 aliphatic heterocycles. The van der Waals surface area contributed by atoms with Crippen LogP contribution in [0.15, 0.2) is 24.3 Å². The lowest BCUT2D eigenvalue weighted by Gasteiger charge is -2.10. The highest BCUT2D eigenvalue weighted by Gasteiger charge is 2.31. The summed E-state index contributed by atoms with van der Waals surface area (Å²) in [6.45, 7) is 0. The molecule has 0 spiro atoms. The van der Waals surface area contributed by atoms with Crippen molar-refractivity contribution in [2.24, 2.45) is 11.7 Å². The summed E-state index contributed by atoms with van der Waals surface area (Å²) in [5.41, 5.74) is 5.51. The third-order valence-corrected chi connectivity index (χ3v) is 3.35. The fourth-order valence-corrected chi connectivity index (χ4v) is 2.11. The minimum Gasteiger partial charge on any atom is -0.327 e. The van der Waals surface area contributed by atoms with Crippen molar-refractivity contribution >= 4 is 5.78 Å². The topological polar surface area (TPSA) is 43.1 Å². The van der Waals surface area contributed by atoms with Gasteiger partial charge in [-0.15, -0.1) is 0 Å². The van der Waals surface area contributed by atoms with Crippen molar-refractivity contribution in [2.75, 3.05) is 0 Å². The van der Waals surface area contributed by atoms with Crippen LogP contribution in [-0.4, -0.2) is 11.8 Å². The van der Waals surface area contributed by atoms with Crippen molar-refractivity contribution < 1.29 is 18.0 Å². The molecule has 5 heteroatoms. The summed E-state index contributed by atoms with van der Waals surface area (Å²) < 4.78 is 37.6. The minimum absolute atomic E-state index is 0.0182. The van der Waals surface area contributed by atoms with E-state index in [2.05, 4.69) is 0 Å². The lowest BCUT2D eigenvalue weighted by molar-refractivity contribution is -0.137. The number of carbonyl (C=O) groups excluding carboxylic acids is 1. The van der Waals surface area contributed by atoms with E-state index in [9.17, 15) is 18.0 Å². The predicted octanol–water partition coefficient (Wildman–Crippen LogP) is 2.94. The maximum atomic E-state index is 12.5. The summed E-state index contributed by atoms with van der Waals surface area (Å²) in [6, 6.07) is 4.75. The van der Waals surface area contributed by atoms with E-state index in [0.29, 0.717) is 11.5 Å². The highest BCUT2D eigenvalue weighted by Crippen LogP contribution is 2.33. The van der Waals surface area contributed by atoms with E-state index in [-0.39, 0.29) is 24.7 Å². The van der Waals surface area contributed by atoms with E-state index in [1.54, 1.807) is 0 Å². The summed E-state index contributed by atoms with van der Waals surface area (Å²) in [4.78, 5) is 11.8. The Balaban J connectivity index is 1.96. The Bertz CT molecular complexity index is 466. The molecule has 1 aliphatic carbocycles. The van der Waals surface area contributed by atoms with Gasteiger partial charge in [0, 0.05) is 18.9 Å². The Hall–Kier alpha value is -1.36. The summed E-state index contributed by atoms with van der Waals surface area (Å²) in [5.74, 6) is 0.323. The third kappa shape index (κ3) is 4.06. The van der Waals surface area contributed by atoms with Gasteiger partial charge in [0.05, 0.1) is 5.56 Å². The first kappa shape index (κ1) is 14.1. The van der Waals surface area contributed by atoms with Gasteiger partial charge in [0.2, 0.25) is 0 Å². The molecule has 1 saturated carbocycles. The molecule has 1 aromatic rings. The molecule has 0 saturated heterocycles. The van der Waals surface area contributed by atoms with Crippen LogP contribution in [0.5, 0.6) is 0 Å². The van der Waals surface area contributed by atoms with E-state index in [1.807, 2.05) is 0 Å². The fraction of sp³-hybridized carbons (Fsp3) is 0.500. The average Bonchev–Trinajstić information content (AvgIpc) is 3.11. The van der Waals surface area contributed by atoms with Gasteiger partial charge < -0.3 is 5.73 Å². The molecule has 1 fully saturated rings. The van der Waals surface area contributed by atoms with E-state index in [1.165, 1.54) is 12.1 Å². The summed E-state index contributed by atoms with van der Waals surface area (Å²) in [6.07, 6.45) is -2.00. The molecule has 1 aliphatic rings. The maximum absolute atomic E-state index is 12.5. The zero-order chi connectivity index (χ0) is 14.0. The van der Waals surface area contributed by atoms with Crippen LogP contribution < -0.4 is 5.73 Å². The largest absolute Gasteiger partial charge is 0.416 e. The molecular formula is C14H16F3NO. The van der Waals surface area contributed by atoms with Crippen LogP contribution in [0.1, 0.15) is 30.4 Å². The normalized spacial score (nSPS) is 17.3. The number of halogens is 3. The Morgan fingerprint density at radius 2 is 2.05 bits per heavy atom. The molecule has 0 heterocycles. The van der Waals surface area contributed by atoms with Gasteiger partial charge in [-0.1, -0.05) is 18.2 Å². The van der Waals surface area contributed by atoms with Crippen molar-refractivity contribution in [3.8, 4) is 0 Å². The third-order valence-electron chi connectivity index (χ3n) is 3.35. The van der Waals surface area contributed by atoms with E-state index >= 15 is 0 Å². The summed E-state index contributed by atoms with van der Waals surface area (Å²) >= 11 is 0. The fourth-order valence-electron chi connectivity index (χ4n) is 2.11. The number of alkyl halides is 3. The van der Waals surface area contributed by atoms with Crippen molar-refractivity contribution in [1.82, 2.24) is 0 Å². The average molecular weight is 271 g/mol. The van der Waals surface area contributed by atoms with Crippen molar-refractivity contribution in [2.45, 2.75) is 37.9 Å². The quantitative estimate of drug-likeness (QED) is 0.894. The Morgan fingerprint density at radius 3 is 2.63 bits per heavy atom. The molecule has 0 bridgehead atoms. The van der Waals surface area contributed by atoms with Gasteiger partial charge in [-0.25, -0.2) is 0 Å². The van der Waals surface area contributed by atoms with Crippen LogP contribution in [0.2, 0.25) is 0 Å². The molecule has 1 unspecified atom stereocenters. The first-order valence-corrected chi connectivity index (χ1v) is 6.29. The zero-order valence-electron chi connectivity index (χ0n) is 10.4. The summed E-state index contributed by atoms with van der Waals surface area (Å²) in [7, 11) is 0. The maximum Gasteiger partial charge on any atom is 0.416 e. The molecule has 104 valence electrons. The van der Waals surface area contributed by atoms with E-state index in [0.717, 1.165) is 25.0 Å². The van der Waals surface area contributed by atoms with Crippen LogP contribution in [-0.2, 0) is 17.4 Å². The van der Waals surface area contributed by atoms with Gasteiger partial charge in [-0.05, 0) is 30.4 Å². The standard InChI is InChI=1S/C14H16F3NO/c15-14(16,17)11-3-1-2-9(6-11)7-12(19)8-13(18)10-4-5-10/h1-3,6,10,13H,4-5,7-8,18H2. The second-order valence-electron chi connectivity index (χ2n) is 5.12. The highest BCUT2D eigenvalue weighted by molar-refractivity contribution is 5.81. The monoisotopic (exact) mass is 271 g/mol. The van der Waals surface area contributed by atoms with Crippen LogP contribution in [0.3, 0.4) is 0 Å². The van der Waals surface area contributed by atoms with Gasteiger partial charge in [0.25, 0.3) is 0 Å². The molecule has 0 radical (unpaired) electrons. The second kappa shape index (κ2) is 5.33. The summed E-state index contributed by atoms with van der Waals surface area (Å²) in [5, 5.41) is 0. The van der Waals surface area contributed by atoms with Crippen molar-refractivity contribution in [3.63, 3.8) is 0 Å². The minimum atomic E-state index is -4.37. The van der Waals surface area contributed by atoms with Gasteiger partial charge >= 0.3 is 6.18 Å². The SMILES string of the molecule is NC(CC(=O)Cc1cccc(C(F)(F)F)c1)C1CC1. The Morgan fingerprint density at radius 1 is 1.37 bits per heavy atom.